The zero-order valence-corrected chi connectivity index (χ0v) is 13.3. The van der Waals surface area contributed by atoms with Crippen LogP contribution in [0.5, 0.6) is 5.75 Å². The Bertz CT molecular complexity index is 506. The van der Waals surface area contributed by atoms with Crippen molar-refractivity contribution in [3.8, 4) is 5.75 Å². The minimum Gasteiger partial charge on any atom is -0.493 e. The third kappa shape index (κ3) is 5.21. The number of aryl methyl sites for hydroxylation is 2. The van der Waals surface area contributed by atoms with Crippen molar-refractivity contribution in [3.05, 3.63) is 28.8 Å². The van der Waals surface area contributed by atoms with Gasteiger partial charge in [0.05, 0.1) is 13.7 Å². The van der Waals surface area contributed by atoms with Gasteiger partial charge in [-0.1, -0.05) is 6.92 Å². The molecule has 0 spiro atoms. The predicted octanol–water partition coefficient (Wildman–Crippen LogP) is 3.62. The fraction of sp³-hybridized carbons (Fsp3) is 0.529. The average Bonchev–Trinajstić information content (AvgIpc) is 2.47. The maximum atomic E-state index is 12.2. The molecular weight excluding hydrogens is 268 g/mol. The number of carbonyl (C=O) groups excluding carboxylic acids is 2. The zero-order valence-electron chi connectivity index (χ0n) is 13.3. The van der Waals surface area contributed by atoms with Crippen molar-refractivity contribution in [2.45, 2.75) is 46.5 Å². The van der Waals surface area contributed by atoms with Gasteiger partial charge in [-0.3, -0.25) is 9.59 Å². The highest BCUT2D eigenvalue weighted by Gasteiger charge is 2.13. The van der Waals surface area contributed by atoms with Crippen molar-refractivity contribution in [1.29, 1.82) is 0 Å². The molecule has 1 aromatic carbocycles. The van der Waals surface area contributed by atoms with Crippen molar-refractivity contribution in [2.24, 2.45) is 0 Å². The number of hydrogen-bond acceptors (Lipinski definition) is 4. The first-order chi connectivity index (χ1) is 9.99. The van der Waals surface area contributed by atoms with E-state index in [4.69, 9.17) is 4.74 Å². The van der Waals surface area contributed by atoms with E-state index in [1.165, 1.54) is 7.11 Å². The minimum absolute atomic E-state index is 0.0570. The number of methoxy groups -OCH3 is 1. The van der Waals surface area contributed by atoms with Gasteiger partial charge in [-0.25, -0.2) is 0 Å². The molecule has 0 N–H and O–H groups in total. The van der Waals surface area contributed by atoms with Crippen LogP contribution in [0.4, 0.5) is 0 Å². The monoisotopic (exact) mass is 292 g/mol. The van der Waals surface area contributed by atoms with Crippen LogP contribution in [0.15, 0.2) is 12.1 Å². The van der Waals surface area contributed by atoms with Crippen molar-refractivity contribution < 1.29 is 19.1 Å². The molecule has 0 heterocycles. The number of carbonyl (C=O) groups is 2. The second kappa shape index (κ2) is 8.45. The number of Topliss-reactive ketones (excluding diaryl/α,β-unsaturated/α-hetero) is 1. The summed E-state index contributed by atoms with van der Waals surface area (Å²) in [5.41, 5.74) is 2.58. The Balaban J connectivity index is 2.72. The fourth-order valence-corrected chi connectivity index (χ4v) is 2.09. The normalized spacial score (nSPS) is 10.3. The number of rotatable bonds is 8. The highest BCUT2D eigenvalue weighted by atomic mass is 16.5. The van der Waals surface area contributed by atoms with Gasteiger partial charge < -0.3 is 9.47 Å². The van der Waals surface area contributed by atoms with Gasteiger partial charge in [0.15, 0.2) is 5.78 Å². The van der Waals surface area contributed by atoms with Gasteiger partial charge in [0.2, 0.25) is 0 Å². The summed E-state index contributed by atoms with van der Waals surface area (Å²) in [6.07, 6.45) is 2.09. The molecular formula is C17H24O4. The van der Waals surface area contributed by atoms with E-state index in [1.54, 1.807) is 0 Å². The number of benzene rings is 1. The molecule has 0 unspecified atom stereocenters. The predicted molar refractivity (Wildman–Crippen MR) is 81.9 cm³/mol. The van der Waals surface area contributed by atoms with Crippen LogP contribution in [0, 0.1) is 13.8 Å². The molecule has 1 aromatic rings. The summed E-state index contributed by atoms with van der Waals surface area (Å²) < 4.78 is 10.2. The van der Waals surface area contributed by atoms with Crippen LogP contribution >= 0.6 is 0 Å². The van der Waals surface area contributed by atoms with Crippen molar-refractivity contribution >= 4 is 11.8 Å². The molecule has 0 fully saturated rings. The maximum absolute atomic E-state index is 12.2. The van der Waals surface area contributed by atoms with E-state index >= 15 is 0 Å². The van der Waals surface area contributed by atoms with Gasteiger partial charge in [0, 0.05) is 18.4 Å². The summed E-state index contributed by atoms with van der Waals surface area (Å²) in [4.78, 5) is 23.3. The molecule has 0 aliphatic heterocycles. The lowest BCUT2D eigenvalue weighted by Gasteiger charge is -2.12. The van der Waals surface area contributed by atoms with E-state index < -0.39 is 0 Å². The number of ketones is 1. The van der Waals surface area contributed by atoms with Gasteiger partial charge >= 0.3 is 5.97 Å². The zero-order chi connectivity index (χ0) is 15.8. The number of esters is 1. The van der Waals surface area contributed by atoms with Crippen LogP contribution in [0.3, 0.4) is 0 Å². The smallest absolute Gasteiger partial charge is 0.305 e. The molecule has 0 saturated heterocycles. The van der Waals surface area contributed by atoms with Crippen molar-refractivity contribution in [3.63, 3.8) is 0 Å². The van der Waals surface area contributed by atoms with Crippen molar-refractivity contribution in [2.75, 3.05) is 13.7 Å². The summed E-state index contributed by atoms with van der Waals surface area (Å²) in [5, 5.41) is 0. The van der Waals surface area contributed by atoms with Crippen LogP contribution in [0.2, 0.25) is 0 Å². The van der Waals surface area contributed by atoms with E-state index in [9.17, 15) is 9.59 Å². The van der Waals surface area contributed by atoms with Gasteiger partial charge in [0.25, 0.3) is 0 Å². The van der Waals surface area contributed by atoms with Gasteiger partial charge in [-0.2, -0.15) is 0 Å². The quantitative estimate of drug-likeness (QED) is 0.542. The lowest BCUT2D eigenvalue weighted by molar-refractivity contribution is -0.140. The summed E-state index contributed by atoms with van der Waals surface area (Å²) in [7, 11) is 1.35. The van der Waals surface area contributed by atoms with Crippen molar-refractivity contribution in [1.82, 2.24) is 0 Å². The molecule has 0 saturated carbocycles. The molecule has 0 bridgehead atoms. The first-order valence-corrected chi connectivity index (χ1v) is 7.33. The van der Waals surface area contributed by atoms with E-state index in [2.05, 4.69) is 11.7 Å². The first-order valence-electron chi connectivity index (χ1n) is 7.33. The second-order valence-electron chi connectivity index (χ2n) is 5.13. The highest BCUT2D eigenvalue weighted by Crippen LogP contribution is 2.24. The summed E-state index contributed by atoms with van der Waals surface area (Å²) >= 11 is 0. The summed E-state index contributed by atoms with van der Waals surface area (Å²) in [5.74, 6) is 0.612. The summed E-state index contributed by atoms with van der Waals surface area (Å²) in [6, 6.07) is 3.79. The molecule has 0 atom stereocenters. The average molecular weight is 292 g/mol. The lowest BCUT2D eigenvalue weighted by Crippen LogP contribution is -2.06. The van der Waals surface area contributed by atoms with Gasteiger partial charge in [0.1, 0.15) is 5.75 Å². The van der Waals surface area contributed by atoms with E-state index in [1.807, 2.05) is 26.0 Å². The maximum Gasteiger partial charge on any atom is 0.305 e. The Kier molecular flexibility index (Phi) is 6.92. The SMILES string of the molecule is CCCOc1cc(C)c(C(=O)CCCC(=O)OC)cc1C. The molecule has 4 heteroatoms. The molecule has 0 aromatic heterocycles. The highest BCUT2D eigenvalue weighted by molar-refractivity contribution is 5.98. The molecule has 116 valence electrons. The molecule has 0 amide bonds. The van der Waals surface area contributed by atoms with E-state index in [0.717, 1.165) is 23.3 Å². The number of ether oxygens (including phenoxy) is 2. The minimum atomic E-state index is -0.279. The van der Waals surface area contributed by atoms with Crippen LogP contribution in [0.25, 0.3) is 0 Å². The largest absolute Gasteiger partial charge is 0.493 e. The molecule has 1 rings (SSSR count). The Morgan fingerprint density at radius 2 is 1.81 bits per heavy atom. The van der Waals surface area contributed by atoms with Crippen LogP contribution < -0.4 is 4.74 Å². The van der Waals surface area contributed by atoms with Gasteiger partial charge in [-0.05, 0) is 49.9 Å². The molecule has 21 heavy (non-hydrogen) atoms. The Labute approximate surface area is 126 Å². The molecule has 0 aliphatic rings. The number of hydrogen-bond donors (Lipinski definition) is 0. The Morgan fingerprint density at radius 3 is 2.43 bits per heavy atom. The summed E-state index contributed by atoms with van der Waals surface area (Å²) in [6.45, 7) is 6.58. The van der Waals surface area contributed by atoms with E-state index in [0.29, 0.717) is 25.0 Å². The standard InChI is InChI=1S/C17H24O4/c1-5-9-21-16-11-12(2)14(10-13(16)3)15(18)7-6-8-17(19)20-4/h10-11H,5-9H2,1-4H3. The van der Waals surface area contributed by atoms with Gasteiger partial charge in [-0.15, -0.1) is 0 Å². The van der Waals surface area contributed by atoms with Crippen LogP contribution in [-0.2, 0) is 9.53 Å². The Morgan fingerprint density at radius 1 is 1.10 bits per heavy atom. The second-order valence-corrected chi connectivity index (χ2v) is 5.13. The first kappa shape index (κ1) is 17.2. The topological polar surface area (TPSA) is 52.6 Å². The van der Waals surface area contributed by atoms with Crippen LogP contribution in [0.1, 0.15) is 54.1 Å². The van der Waals surface area contributed by atoms with E-state index in [-0.39, 0.29) is 18.2 Å². The molecule has 0 aliphatic carbocycles. The molecule has 0 radical (unpaired) electrons. The third-order valence-electron chi connectivity index (χ3n) is 3.30. The Hall–Kier alpha value is -1.84. The lowest BCUT2D eigenvalue weighted by atomic mass is 9.98. The molecule has 4 nitrogen and oxygen atoms in total. The van der Waals surface area contributed by atoms with Crippen LogP contribution in [-0.4, -0.2) is 25.5 Å². The third-order valence-corrected chi connectivity index (χ3v) is 3.30. The fourth-order valence-electron chi connectivity index (χ4n) is 2.09.